The first kappa shape index (κ1) is 10.6. The van der Waals surface area contributed by atoms with Crippen molar-refractivity contribution in [2.45, 2.75) is 4.21 Å². The molecule has 1 rings (SSSR count). The van der Waals surface area contributed by atoms with Crippen molar-refractivity contribution in [2.24, 2.45) is 5.14 Å². The zero-order valence-electron chi connectivity index (χ0n) is 5.89. The summed E-state index contributed by atoms with van der Waals surface area (Å²) in [6, 6.07) is 3.12. The number of hydrogen-bond donors (Lipinski definition) is 2. The number of rotatable bonds is 1. The van der Waals surface area contributed by atoms with Gasteiger partial charge in [-0.05, 0) is 11.4 Å². The number of aliphatic hydroxyl groups is 1. The van der Waals surface area contributed by atoms with Crippen LogP contribution in [0.25, 0.3) is 0 Å². The lowest BCUT2D eigenvalue weighted by Gasteiger charge is -1.86. The molecule has 64 valence electrons. The van der Waals surface area contributed by atoms with Crippen molar-refractivity contribution < 1.29 is 13.5 Å². The maximum Gasteiger partial charge on any atom is 0.247 e. The molecule has 6 heteroatoms. The van der Waals surface area contributed by atoms with E-state index in [0.29, 0.717) is 0 Å². The largest absolute Gasteiger partial charge is 0.400 e. The zero-order chi connectivity index (χ0) is 8.91. The van der Waals surface area contributed by atoms with Crippen LogP contribution in [0.3, 0.4) is 0 Å². The van der Waals surface area contributed by atoms with E-state index in [1.165, 1.54) is 6.07 Å². The number of primary sulfonamides is 1. The highest BCUT2D eigenvalue weighted by atomic mass is 32.2. The molecule has 0 radical (unpaired) electrons. The molecular weight excluding hydrogens is 186 g/mol. The molecule has 0 aromatic carbocycles. The molecule has 4 nitrogen and oxygen atoms in total. The predicted molar refractivity (Wildman–Crippen MR) is 43.8 cm³/mol. The Bertz CT molecular complexity index is 277. The molecule has 0 saturated heterocycles. The second kappa shape index (κ2) is 4.45. The van der Waals surface area contributed by atoms with Gasteiger partial charge in [0.2, 0.25) is 10.0 Å². The summed E-state index contributed by atoms with van der Waals surface area (Å²) in [4.78, 5) is 0. The van der Waals surface area contributed by atoms with Crippen molar-refractivity contribution in [2.75, 3.05) is 7.11 Å². The normalized spacial score (nSPS) is 10.1. The Labute approximate surface area is 69.3 Å². The summed E-state index contributed by atoms with van der Waals surface area (Å²) in [7, 11) is -2.44. The highest BCUT2D eigenvalue weighted by Gasteiger charge is 2.05. The van der Waals surface area contributed by atoms with Gasteiger partial charge in [-0.3, -0.25) is 0 Å². The Morgan fingerprint density at radius 3 is 2.27 bits per heavy atom. The quantitative estimate of drug-likeness (QED) is 0.662. The second-order valence-electron chi connectivity index (χ2n) is 1.48. The summed E-state index contributed by atoms with van der Waals surface area (Å²) in [6.45, 7) is 0. The van der Waals surface area contributed by atoms with Crippen LogP contribution >= 0.6 is 11.3 Å². The fourth-order valence-corrected chi connectivity index (χ4v) is 1.85. The van der Waals surface area contributed by atoms with Gasteiger partial charge >= 0.3 is 0 Å². The molecule has 0 bridgehead atoms. The minimum absolute atomic E-state index is 0.211. The summed E-state index contributed by atoms with van der Waals surface area (Å²) in [5, 5.41) is 13.5. The first-order valence-electron chi connectivity index (χ1n) is 2.62. The van der Waals surface area contributed by atoms with Crippen molar-refractivity contribution in [1.29, 1.82) is 0 Å². The van der Waals surface area contributed by atoms with Gasteiger partial charge in [-0.2, -0.15) is 0 Å². The molecule has 0 amide bonds. The molecule has 0 unspecified atom stereocenters. The molecule has 3 N–H and O–H groups in total. The Balaban J connectivity index is 0.000000461. The van der Waals surface area contributed by atoms with Gasteiger partial charge in [-0.15, -0.1) is 11.3 Å². The zero-order valence-corrected chi connectivity index (χ0v) is 7.52. The lowest BCUT2D eigenvalue weighted by molar-refractivity contribution is 0.399. The van der Waals surface area contributed by atoms with Crippen LogP contribution in [-0.4, -0.2) is 20.6 Å². The van der Waals surface area contributed by atoms with E-state index in [-0.39, 0.29) is 4.21 Å². The number of sulfonamides is 1. The molecule has 1 aromatic heterocycles. The summed E-state index contributed by atoms with van der Waals surface area (Å²) < 4.78 is 21.2. The molecule has 0 saturated carbocycles. The molecule has 1 aromatic rings. The van der Waals surface area contributed by atoms with Crippen LogP contribution in [0.2, 0.25) is 0 Å². The highest BCUT2D eigenvalue weighted by molar-refractivity contribution is 7.91. The summed E-state index contributed by atoms with van der Waals surface area (Å²) in [5.41, 5.74) is 0. The van der Waals surface area contributed by atoms with Crippen molar-refractivity contribution in [3.63, 3.8) is 0 Å². The van der Waals surface area contributed by atoms with Crippen LogP contribution in [0, 0.1) is 0 Å². The Morgan fingerprint density at radius 2 is 2.09 bits per heavy atom. The standard InChI is InChI=1S/C4H5NO2S2.CH4O/c5-9(6,7)4-2-1-3-8-4;1-2/h1-3H,(H2,5,6,7);2H,1H3. The van der Waals surface area contributed by atoms with Crippen LogP contribution in [0.1, 0.15) is 0 Å². The van der Waals surface area contributed by atoms with Crippen molar-refractivity contribution in [3.8, 4) is 0 Å². The van der Waals surface area contributed by atoms with Gasteiger partial charge < -0.3 is 5.11 Å². The van der Waals surface area contributed by atoms with E-state index in [0.717, 1.165) is 18.4 Å². The smallest absolute Gasteiger partial charge is 0.247 e. The van der Waals surface area contributed by atoms with Crippen LogP contribution in [0.4, 0.5) is 0 Å². The first-order chi connectivity index (χ1) is 5.11. The van der Waals surface area contributed by atoms with Gasteiger partial charge in [0.05, 0.1) is 0 Å². The molecular formula is C5H9NO3S2. The van der Waals surface area contributed by atoms with Gasteiger partial charge in [-0.1, -0.05) is 6.07 Å². The van der Waals surface area contributed by atoms with Crippen molar-refractivity contribution in [1.82, 2.24) is 0 Å². The number of hydrogen-bond acceptors (Lipinski definition) is 4. The molecule has 0 aliphatic carbocycles. The van der Waals surface area contributed by atoms with Crippen molar-refractivity contribution in [3.05, 3.63) is 17.5 Å². The number of nitrogens with two attached hydrogens (primary N) is 1. The Hall–Kier alpha value is -0.430. The third-order valence-corrected chi connectivity index (χ3v) is 3.12. The molecule has 0 spiro atoms. The van der Waals surface area contributed by atoms with Gasteiger partial charge in [0, 0.05) is 7.11 Å². The highest BCUT2D eigenvalue weighted by Crippen LogP contribution is 2.12. The van der Waals surface area contributed by atoms with E-state index in [4.69, 9.17) is 10.2 Å². The van der Waals surface area contributed by atoms with E-state index >= 15 is 0 Å². The van der Waals surface area contributed by atoms with E-state index in [2.05, 4.69) is 0 Å². The predicted octanol–water partition coefficient (Wildman–Crippen LogP) is 0.00400. The van der Waals surface area contributed by atoms with Gasteiger partial charge in [-0.25, -0.2) is 13.6 Å². The minimum atomic E-state index is -3.44. The fraction of sp³-hybridized carbons (Fsp3) is 0.200. The van der Waals surface area contributed by atoms with Gasteiger partial charge in [0.15, 0.2) is 0 Å². The maximum atomic E-state index is 10.5. The third kappa shape index (κ3) is 3.47. The summed E-state index contributed by atoms with van der Waals surface area (Å²) in [6.07, 6.45) is 0. The average Bonchev–Trinajstić information content (AvgIpc) is 2.40. The van der Waals surface area contributed by atoms with E-state index in [9.17, 15) is 8.42 Å². The van der Waals surface area contributed by atoms with E-state index in [1.54, 1.807) is 11.4 Å². The van der Waals surface area contributed by atoms with Crippen LogP contribution < -0.4 is 5.14 Å². The summed E-state index contributed by atoms with van der Waals surface area (Å²) in [5.74, 6) is 0. The topological polar surface area (TPSA) is 80.4 Å². The van der Waals surface area contributed by atoms with Gasteiger partial charge in [0.1, 0.15) is 4.21 Å². The Morgan fingerprint density at radius 1 is 1.55 bits per heavy atom. The SMILES string of the molecule is CO.NS(=O)(=O)c1cccs1. The number of thiophene rings is 1. The molecule has 0 aliphatic rings. The lowest BCUT2D eigenvalue weighted by atomic mass is 10.7. The Kier molecular flexibility index (Phi) is 4.27. The lowest BCUT2D eigenvalue weighted by Crippen LogP contribution is -2.09. The first-order valence-corrected chi connectivity index (χ1v) is 5.04. The molecule has 1 heterocycles. The molecule has 11 heavy (non-hydrogen) atoms. The molecule has 0 fully saturated rings. The molecule has 0 atom stereocenters. The minimum Gasteiger partial charge on any atom is -0.400 e. The average molecular weight is 195 g/mol. The van der Waals surface area contributed by atoms with E-state index in [1.807, 2.05) is 0 Å². The van der Waals surface area contributed by atoms with Crippen LogP contribution in [-0.2, 0) is 10.0 Å². The maximum absolute atomic E-state index is 10.5. The number of aliphatic hydroxyl groups excluding tert-OH is 1. The fourth-order valence-electron chi connectivity index (χ4n) is 0.425. The van der Waals surface area contributed by atoms with Crippen LogP contribution in [0.15, 0.2) is 21.7 Å². The molecule has 0 aliphatic heterocycles. The second-order valence-corrected chi connectivity index (χ2v) is 4.21. The van der Waals surface area contributed by atoms with E-state index < -0.39 is 10.0 Å². The van der Waals surface area contributed by atoms with Crippen LogP contribution in [0.5, 0.6) is 0 Å². The van der Waals surface area contributed by atoms with Crippen molar-refractivity contribution >= 4 is 21.4 Å². The third-order valence-electron chi connectivity index (χ3n) is 0.775. The van der Waals surface area contributed by atoms with Gasteiger partial charge in [0.25, 0.3) is 0 Å². The summed E-state index contributed by atoms with van der Waals surface area (Å²) >= 11 is 1.12. The monoisotopic (exact) mass is 195 g/mol.